The predicted molar refractivity (Wildman–Crippen MR) is 52.0 cm³/mol. The molecule has 1 atom stereocenters. The Morgan fingerprint density at radius 2 is 2.14 bits per heavy atom. The van der Waals surface area contributed by atoms with Crippen LogP contribution in [-0.4, -0.2) is 62.5 Å². The number of hydrogen-bond donors (Lipinski definition) is 1. The van der Waals surface area contributed by atoms with Gasteiger partial charge in [-0.3, -0.25) is 4.79 Å². The summed E-state index contributed by atoms with van der Waals surface area (Å²) in [6.07, 6.45) is -0.595. The Bertz CT molecular complexity index is 163. The van der Waals surface area contributed by atoms with Crippen molar-refractivity contribution in [2.24, 2.45) is 0 Å². The van der Waals surface area contributed by atoms with E-state index in [1.54, 1.807) is 11.9 Å². The minimum atomic E-state index is -0.595. The van der Waals surface area contributed by atoms with Gasteiger partial charge in [0.25, 0.3) is 0 Å². The molecule has 0 aromatic rings. The molecule has 0 fully saturated rings. The van der Waals surface area contributed by atoms with Crippen LogP contribution in [0.25, 0.3) is 0 Å². The number of nitrogens with zero attached hydrogens (tertiary/aromatic N) is 1. The standard InChI is InChI=1S/C9H19NO4/c1-8(11)10(2)4-5-14-7-9(12)6-13-3/h9,12H,4-7H2,1-3H3. The lowest BCUT2D eigenvalue weighted by atomic mass is 10.4. The van der Waals surface area contributed by atoms with Crippen molar-refractivity contribution in [3.05, 3.63) is 0 Å². The number of amides is 1. The van der Waals surface area contributed by atoms with Gasteiger partial charge in [-0.15, -0.1) is 0 Å². The molecule has 0 aliphatic carbocycles. The number of aliphatic hydroxyl groups excluding tert-OH is 1. The smallest absolute Gasteiger partial charge is 0.219 e. The molecule has 1 N–H and O–H groups in total. The van der Waals surface area contributed by atoms with E-state index in [1.165, 1.54) is 14.0 Å². The third-order valence-corrected chi connectivity index (χ3v) is 1.78. The summed E-state index contributed by atoms with van der Waals surface area (Å²) in [5.41, 5.74) is 0. The lowest BCUT2D eigenvalue weighted by molar-refractivity contribution is -0.128. The first-order valence-corrected chi connectivity index (χ1v) is 4.54. The Labute approximate surface area is 84.6 Å². The molecule has 5 heteroatoms. The van der Waals surface area contributed by atoms with E-state index in [-0.39, 0.29) is 19.1 Å². The van der Waals surface area contributed by atoms with E-state index in [2.05, 4.69) is 0 Å². The topological polar surface area (TPSA) is 59.0 Å². The summed E-state index contributed by atoms with van der Waals surface area (Å²) in [6.45, 7) is 2.97. The van der Waals surface area contributed by atoms with Gasteiger partial charge in [0, 0.05) is 27.6 Å². The molecule has 0 spiro atoms. The van der Waals surface area contributed by atoms with Crippen molar-refractivity contribution in [1.82, 2.24) is 4.90 Å². The fourth-order valence-electron chi connectivity index (χ4n) is 0.819. The lowest BCUT2D eigenvalue weighted by Gasteiger charge is -2.15. The van der Waals surface area contributed by atoms with Crippen LogP contribution >= 0.6 is 0 Å². The van der Waals surface area contributed by atoms with Crippen LogP contribution in [0.15, 0.2) is 0 Å². The average molecular weight is 205 g/mol. The van der Waals surface area contributed by atoms with E-state index in [1.807, 2.05) is 0 Å². The van der Waals surface area contributed by atoms with Gasteiger partial charge in [0.15, 0.2) is 0 Å². The molecule has 14 heavy (non-hydrogen) atoms. The first-order chi connectivity index (χ1) is 6.57. The van der Waals surface area contributed by atoms with Gasteiger partial charge in [-0.2, -0.15) is 0 Å². The highest BCUT2D eigenvalue weighted by molar-refractivity contribution is 5.72. The average Bonchev–Trinajstić information content (AvgIpc) is 2.12. The van der Waals surface area contributed by atoms with Crippen molar-refractivity contribution in [3.63, 3.8) is 0 Å². The quantitative estimate of drug-likeness (QED) is 0.569. The van der Waals surface area contributed by atoms with E-state index in [9.17, 15) is 9.90 Å². The van der Waals surface area contributed by atoms with Crippen LogP contribution < -0.4 is 0 Å². The van der Waals surface area contributed by atoms with E-state index < -0.39 is 6.10 Å². The first-order valence-electron chi connectivity index (χ1n) is 4.54. The fourth-order valence-corrected chi connectivity index (χ4v) is 0.819. The zero-order valence-corrected chi connectivity index (χ0v) is 9.02. The zero-order valence-electron chi connectivity index (χ0n) is 9.02. The molecule has 1 amide bonds. The predicted octanol–water partition coefficient (Wildman–Crippen LogP) is -0.511. The summed E-state index contributed by atoms with van der Waals surface area (Å²) >= 11 is 0. The van der Waals surface area contributed by atoms with Crippen molar-refractivity contribution in [2.75, 3.05) is 40.5 Å². The molecule has 0 rings (SSSR count). The van der Waals surface area contributed by atoms with Crippen LogP contribution in [0.1, 0.15) is 6.92 Å². The maximum absolute atomic E-state index is 10.8. The molecule has 5 nitrogen and oxygen atoms in total. The molecular weight excluding hydrogens is 186 g/mol. The van der Waals surface area contributed by atoms with Gasteiger partial charge in [0.2, 0.25) is 5.91 Å². The monoisotopic (exact) mass is 205 g/mol. The number of likely N-dealkylation sites (N-methyl/N-ethyl adjacent to an activating group) is 1. The fraction of sp³-hybridized carbons (Fsp3) is 0.889. The number of carbonyl (C=O) groups excluding carboxylic acids is 1. The van der Waals surface area contributed by atoms with Gasteiger partial charge in [-0.25, -0.2) is 0 Å². The molecule has 84 valence electrons. The Kier molecular flexibility index (Phi) is 7.37. The van der Waals surface area contributed by atoms with E-state index in [4.69, 9.17) is 9.47 Å². The summed E-state index contributed by atoms with van der Waals surface area (Å²) < 4.78 is 9.87. The van der Waals surface area contributed by atoms with Crippen molar-refractivity contribution in [1.29, 1.82) is 0 Å². The third kappa shape index (κ3) is 6.82. The molecule has 0 saturated heterocycles. The summed E-state index contributed by atoms with van der Waals surface area (Å²) in [7, 11) is 3.23. The number of methoxy groups -OCH3 is 1. The van der Waals surface area contributed by atoms with Crippen LogP contribution in [0.2, 0.25) is 0 Å². The van der Waals surface area contributed by atoms with Gasteiger partial charge >= 0.3 is 0 Å². The van der Waals surface area contributed by atoms with Crippen LogP contribution in [0, 0.1) is 0 Å². The van der Waals surface area contributed by atoms with Crippen molar-refractivity contribution < 1.29 is 19.4 Å². The van der Waals surface area contributed by atoms with E-state index >= 15 is 0 Å². The normalized spacial score (nSPS) is 12.6. The third-order valence-electron chi connectivity index (χ3n) is 1.78. The SMILES string of the molecule is COCC(O)COCCN(C)C(C)=O. The van der Waals surface area contributed by atoms with Gasteiger partial charge in [0.1, 0.15) is 6.10 Å². The van der Waals surface area contributed by atoms with E-state index in [0.29, 0.717) is 13.2 Å². The molecule has 0 heterocycles. The van der Waals surface area contributed by atoms with Gasteiger partial charge in [-0.05, 0) is 0 Å². The highest BCUT2D eigenvalue weighted by atomic mass is 16.5. The summed E-state index contributed by atoms with van der Waals surface area (Å²) in [6, 6.07) is 0. The number of hydrogen-bond acceptors (Lipinski definition) is 4. The maximum atomic E-state index is 10.8. The second-order valence-electron chi connectivity index (χ2n) is 3.12. The second-order valence-corrected chi connectivity index (χ2v) is 3.12. The number of ether oxygens (including phenoxy) is 2. The Morgan fingerprint density at radius 1 is 1.50 bits per heavy atom. The summed E-state index contributed by atoms with van der Waals surface area (Å²) in [5, 5.41) is 9.19. The zero-order chi connectivity index (χ0) is 11.0. The maximum Gasteiger partial charge on any atom is 0.219 e. The largest absolute Gasteiger partial charge is 0.388 e. The Morgan fingerprint density at radius 3 is 2.64 bits per heavy atom. The van der Waals surface area contributed by atoms with Crippen molar-refractivity contribution in [2.45, 2.75) is 13.0 Å². The number of aliphatic hydroxyl groups is 1. The van der Waals surface area contributed by atoms with Crippen LogP contribution in [0.3, 0.4) is 0 Å². The summed E-state index contributed by atoms with van der Waals surface area (Å²) in [4.78, 5) is 12.3. The van der Waals surface area contributed by atoms with Crippen LogP contribution in [-0.2, 0) is 14.3 Å². The van der Waals surface area contributed by atoms with Crippen molar-refractivity contribution in [3.8, 4) is 0 Å². The molecule has 0 aromatic heterocycles. The van der Waals surface area contributed by atoms with Gasteiger partial charge in [0.05, 0.1) is 19.8 Å². The first kappa shape index (κ1) is 13.4. The highest BCUT2D eigenvalue weighted by Gasteiger charge is 2.04. The Hall–Kier alpha value is -0.650. The van der Waals surface area contributed by atoms with Gasteiger partial charge < -0.3 is 19.5 Å². The number of carbonyl (C=O) groups is 1. The highest BCUT2D eigenvalue weighted by Crippen LogP contribution is 1.88. The minimum absolute atomic E-state index is 0.00559. The summed E-state index contributed by atoms with van der Waals surface area (Å²) in [5.74, 6) is 0.00559. The lowest BCUT2D eigenvalue weighted by Crippen LogP contribution is -2.29. The van der Waals surface area contributed by atoms with Crippen molar-refractivity contribution >= 4 is 5.91 Å². The van der Waals surface area contributed by atoms with Crippen LogP contribution in [0.4, 0.5) is 0 Å². The minimum Gasteiger partial charge on any atom is -0.388 e. The molecule has 0 radical (unpaired) electrons. The molecule has 0 saturated carbocycles. The second kappa shape index (κ2) is 7.73. The van der Waals surface area contributed by atoms with Crippen LogP contribution in [0.5, 0.6) is 0 Å². The molecule has 0 aliphatic heterocycles. The Balaban J connectivity index is 3.33. The molecule has 0 aliphatic rings. The van der Waals surface area contributed by atoms with E-state index in [0.717, 1.165) is 0 Å². The molecule has 1 unspecified atom stereocenters. The molecule has 0 aromatic carbocycles. The molecule has 0 bridgehead atoms. The van der Waals surface area contributed by atoms with Gasteiger partial charge in [-0.1, -0.05) is 0 Å². The number of rotatable bonds is 7. The molecular formula is C9H19NO4.